The number of benzene rings is 1. The standard InChI is InChI=1S/C17H17NO4S2/c1-3-9-23-17-18-13(16(20)24-17)10-12-7-5-6-8-14(12)22-11-15(19)21-4-2/h3,5-8,10H,1,4,9,11H2,2H3. The van der Waals surface area contributed by atoms with Crippen LogP contribution < -0.4 is 4.74 Å². The van der Waals surface area contributed by atoms with E-state index < -0.39 is 5.97 Å². The number of hydrogen-bond acceptors (Lipinski definition) is 7. The Morgan fingerprint density at radius 1 is 1.42 bits per heavy atom. The van der Waals surface area contributed by atoms with Crippen molar-refractivity contribution < 1.29 is 19.1 Å². The first-order chi connectivity index (χ1) is 11.6. The number of para-hydroxylation sites is 1. The normalized spacial score (nSPS) is 15.3. The van der Waals surface area contributed by atoms with Crippen LogP contribution in [0.1, 0.15) is 12.5 Å². The molecule has 0 unspecified atom stereocenters. The average molecular weight is 363 g/mol. The van der Waals surface area contributed by atoms with E-state index in [1.807, 2.05) is 6.07 Å². The van der Waals surface area contributed by atoms with Crippen molar-refractivity contribution in [2.24, 2.45) is 4.99 Å². The summed E-state index contributed by atoms with van der Waals surface area (Å²) in [6.45, 7) is 5.51. The topological polar surface area (TPSA) is 65.0 Å². The monoisotopic (exact) mass is 363 g/mol. The van der Waals surface area contributed by atoms with Gasteiger partial charge in [-0.15, -0.1) is 6.58 Å². The second-order valence-electron chi connectivity index (χ2n) is 4.53. The van der Waals surface area contributed by atoms with E-state index in [4.69, 9.17) is 9.47 Å². The number of thioether (sulfide) groups is 2. The van der Waals surface area contributed by atoms with Gasteiger partial charge < -0.3 is 9.47 Å². The number of esters is 1. The van der Waals surface area contributed by atoms with Gasteiger partial charge in [0.2, 0.25) is 5.12 Å². The maximum Gasteiger partial charge on any atom is 0.344 e. The minimum atomic E-state index is -0.436. The first-order valence-electron chi connectivity index (χ1n) is 7.27. The highest BCUT2D eigenvalue weighted by atomic mass is 32.2. The Hall–Kier alpha value is -1.99. The van der Waals surface area contributed by atoms with Crippen LogP contribution in [-0.2, 0) is 14.3 Å². The van der Waals surface area contributed by atoms with E-state index in [9.17, 15) is 9.59 Å². The number of rotatable bonds is 7. The Morgan fingerprint density at radius 3 is 2.96 bits per heavy atom. The molecule has 0 amide bonds. The SMILES string of the molecule is C=CCSC1=NC(=Cc2ccccc2OCC(=O)OCC)C(=O)S1. The maximum absolute atomic E-state index is 12.0. The molecule has 0 aromatic heterocycles. The van der Waals surface area contributed by atoms with Gasteiger partial charge in [0.15, 0.2) is 6.61 Å². The van der Waals surface area contributed by atoms with E-state index in [2.05, 4.69) is 11.6 Å². The molecule has 0 saturated carbocycles. The lowest BCUT2D eigenvalue weighted by Crippen LogP contribution is -2.14. The predicted octanol–water partition coefficient (Wildman–Crippen LogP) is 3.52. The molecule has 0 bridgehead atoms. The third-order valence-electron chi connectivity index (χ3n) is 2.79. The largest absolute Gasteiger partial charge is 0.481 e. The number of carbonyl (C=O) groups excluding carboxylic acids is 2. The molecule has 1 aliphatic heterocycles. The summed E-state index contributed by atoms with van der Waals surface area (Å²) in [4.78, 5) is 27.8. The van der Waals surface area contributed by atoms with Gasteiger partial charge in [0.1, 0.15) is 15.8 Å². The number of aliphatic imine (C=N–C) groups is 1. The van der Waals surface area contributed by atoms with E-state index in [-0.39, 0.29) is 11.7 Å². The second kappa shape index (κ2) is 9.34. The summed E-state index contributed by atoms with van der Waals surface area (Å²) in [7, 11) is 0. The van der Waals surface area contributed by atoms with Crippen LogP contribution in [0.5, 0.6) is 5.75 Å². The Kier molecular flexibility index (Phi) is 7.14. The van der Waals surface area contributed by atoms with Crippen LogP contribution in [0.25, 0.3) is 6.08 Å². The van der Waals surface area contributed by atoms with E-state index in [0.29, 0.717) is 33.7 Å². The van der Waals surface area contributed by atoms with Gasteiger partial charge in [0.05, 0.1) is 6.61 Å². The van der Waals surface area contributed by atoms with Gasteiger partial charge in [0, 0.05) is 11.3 Å². The van der Waals surface area contributed by atoms with Crippen molar-refractivity contribution in [2.75, 3.05) is 19.0 Å². The number of carbonyl (C=O) groups is 2. The van der Waals surface area contributed by atoms with Crippen LogP contribution in [0.15, 0.2) is 47.6 Å². The average Bonchev–Trinajstić information content (AvgIpc) is 2.92. The van der Waals surface area contributed by atoms with Crippen LogP contribution in [0.3, 0.4) is 0 Å². The quantitative estimate of drug-likeness (QED) is 0.420. The van der Waals surface area contributed by atoms with Gasteiger partial charge in [-0.05, 0) is 30.8 Å². The highest BCUT2D eigenvalue weighted by Crippen LogP contribution is 2.32. The fourth-order valence-electron chi connectivity index (χ4n) is 1.80. The minimum absolute atomic E-state index is 0.109. The lowest BCUT2D eigenvalue weighted by molar-refractivity contribution is -0.145. The van der Waals surface area contributed by atoms with Gasteiger partial charge in [-0.2, -0.15) is 0 Å². The molecule has 0 saturated heterocycles. The molecule has 0 spiro atoms. The molecule has 1 aliphatic rings. The Balaban J connectivity index is 2.14. The lowest BCUT2D eigenvalue weighted by Gasteiger charge is -2.08. The zero-order chi connectivity index (χ0) is 17.4. The molecular formula is C17H17NO4S2. The summed E-state index contributed by atoms with van der Waals surface area (Å²) in [5.74, 6) is 0.762. The summed E-state index contributed by atoms with van der Waals surface area (Å²) in [5.41, 5.74) is 1.04. The molecule has 5 nitrogen and oxygen atoms in total. The summed E-state index contributed by atoms with van der Waals surface area (Å²) >= 11 is 2.57. The Morgan fingerprint density at radius 2 is 2.21 bits per heavy atom. The van der Waals surface area contributed by atoms with E-state index in [0.717, 1.165) is 11.8 Å². The summed E-state index contributed by atoms with van der Waals surface area (Å²) < 4.78 is 11.0. The number of nitrogens with zero attached hydrogens (tertiary/aromatic N) is 1. The van der Waals surface area contributed by atoms with E-state index in [1.54, 1.807) is 37.3 Å². The van der Waals surface area contributed by atoms with Crippen LogP contribution in [0.4, 0.5) is 0 Å². The third-order valence-corrected chi connectivity index (χ3v) is 4.79. The van der Waals surface area contributed by atoms with Crippen molar-refractivity contribution in [2.45, 2.75) is 6.92 Å². The van der Waals surface area contributed by atoms with Crippen molar-refractivity contribution in [3.8, 4) is 5.75 Å². The lowest BCUT2D eigenvalue weighted by atomic mass is 10.1. The van der Waals surface area contributed by atoms with E-state index in [1.165, 1.54) is 11.8 Å². The van der Waals surface area contributed by atoms with Crippen LogP contribution in [0.2, 0.25) is 0 Å². The molecule has 1 aromatic rings. The van der Waals surface area contributed by atoms with Crippen molar-refractivity contribution in [3.05, 3.63) is 48.2 Å². The summed E-state index contributed by atoms with van der Waals surface area (Å²) in [5, 5.41) is -0.109. The Labute approximate surface area is 149 Å². The van der Waals surface area contributed by atoms with Gasteiger partial charge in [0.25, 0.3) is 0 Å². The molecule has 0 radical (unpaired) electrons. The zero-order valence-corrected chi connectivity index (χ0v) is 14.8. The zero-order valence-electron chi connectivity index (χ0n) is 13.2. The van der Waals surface area contributed by atoms with E-state index >= 15 is 0 Å². The summed E-state index contributed by atoms with van der Waals surface area (Å²) in [6, 6.07) is 7.15. The molecule has 0 N–H and O–H groups in total. The highest BCUT2D eigenvalue weighted by molar-refractivity contribution is 8.45. The predicted molar refractivity (Wildman–Crippen MR) is 99.2 cm³/mol. The van der Waals surface area contributed by atoms with Gasteiger partial charge in [-0.3, -0.25) is 4.79 Å². The molecule has 0 fully saturated rings. The smallest absolute Gasteiger partial charge is 0.344 e. The van der Waals surface area contributed by atoms with Crippen LogP contribution in [-0.4, -0.2) is 34.4 Å². The molecule has 126 valence electrons. The van der Waals surface area contributed by atoms with Crippen LogP contribution in [0, 0.1) is 0 Å². The van der Waals surface area contributed by atoms with Crippen molar-refractivity contribution in [1.82, 2.24) is 0 Å². The first kappa shape index (κ1) is 18.4. The fourth-order valence-corrected chi connectivity index (χ4v) is 3.40. The van der Waals surface area contributed by atoms with Crippen LogP contribution >= 0.6 is 23.5 Å². The molecule has 1 aromatic carbocycles. The minimum Gasteiger partial charge on any atom is -0.481 e. The van der Waals surface area contributed by atoms with Gasteiger partial charge >= 0.3 is 5.97 Å². The molecule has 2 rings (SSSR count). The second-order valence-corrected chi connectivity index (χ2v) is 6.76. The van der Waals surface area contributed by atoms with Gasteiger partial charge in [-0.25, -0.2) is 9.79 Å². The maximum atomic E-state index is 12.0. The summed E-state index contributed by atoms with van der Waals surface area (Å²) in [6.07, 6.45) is 3.43. The molecule has 0 aliphatic carbocycles. The Bertz CT molecular complexity index is 698. The number of ether oxygens (including phenoxy) is 2. The fraction of sp³-hybridized carbons (Fsp3) is 0.235. The molecule has 0 atom stereocenters. The molecule has 7 heteroatoms. The molecule has 1 heterocycles. The molecule has 24 heavy (non-hydrogen) atoms. The van der Waals surface area contributed by atoms with Gasteiger partial charge in [-0.1, -0.05) is 36.0 Å². The number of hydrogen-bond donors (Lipinski definition) is 0. The molecular weight excluding hydrogens is 346 g/mol. The van der Waals surface area contributed by atoms with Crippen molar-refractivity contribution in [3.63, 3.8) is 0 Å². The highest BCUT2D eigenvalue weighted by Gasteiger charge is 2.22. The van der Waals surface area contributed by atoms with Crippen molar-refractivity contribution in [1.29, 1.82) is 0 Å². The first-order valence-corrected chi connectivity index (χ1v) is 9.08. The third kappa shape index (κ3) is 5.28. The van der Waals surface area contributed by atoms with Crippen molar-refractivity contribution >= 4 is 45.1 Å².